The van der Waals surface area contributed by atoms with Crippen molar-refractivity contribution in [1.29, 1.82) is 0 Å². The fraction of sp³-hybridized carbons (Fsp3) is 0.929. The number of hydrogen-bond donors (Lipinski definition) is 0. The van der Waals surface area contributed by atoms with Crippen LogP contribution < -0.4 is 0 Å². The highest BCUT2D eigenvalue weighted by atomic mass is 16.2. The Morgan fingerprint density at radius 1 is 0.594 bits per heavy atom. The van der Waals surface area contributed by atoms with Crippen molar-refractivity contribution in [2.45, 2.75) is 122 Å². The lowest BCUT2D eigenvalue weighted by atomic mass is 9.94. The first kappa shape index (κ1) is 33.1. The van der Waals surface area contributed by atoms with Crippen molar-refractivity contribution in [2.24, 2.45) is 22.7 Å². The minimum atomic E-state index is -0.256. The molecule has 0 unspecified atom stereocenters. The summed E-state index contributed by atoms with van der Waals surface area (Å²) < 4.78 is 0. The molecule has 4 heteroatoms. The molecule has 0 aromatic heterocycles. The number of unbranched alkanes of at least 4 members (excludes halogenated alkanes) is 2. The van der Waals surface area contributed by atoms with Crippen molar-refractivity contribution in [3.63, 3.8) is 0 Å². The van der Waals surface area contributed by atoms with E-state index in [0.717, 1.165) is 64.7 Å². The molecule has 0 aliphatic heterocycles. The molecule has 0 bridgehead atoms. The Morgan fingerprint density at radius 2 is 0.875 bits per heavy atom. The summed E-state index contributed by atoms with van der Waals surface area (Å²) in [4.78, 5) is 28.5. The molecule has 0 aromatic carbocycles. The lowest BCUT2D eigenvalue weighted by Gasteiger charge is -2.30. The van der Waals surface area contributed by atoms with E-state index in [4.69, 9.17) is 0 Å². The van der Waals surface area contributed by atoms with E-state index in [1.54, 1.807) is 0 Å². The van der Waals surface area contributed by atoms with Crippen molar-refractivity contribution in [2.75, 3.05) is 26.2 Å². The van der Waals surface area contributed by atoms with Gasteiger partial charge in [0.15, 0.2) is 0 Å². The zero-order valence-corrected chi connectivity index (χ0v) is 23.9. The van der Waals surface area contributed by atoms with Gasteiger partial charge in [0.2, 0.25) is 11.8 Å². The predicted octanol–water partition coefficient (Wildman–Crippen LogP) is 7.41. The van der Waals surface area contributed by atoms with E-state index in [-0.39, 0.29) is 10.8 Å². The van der Waals surface area contributed by atoms with Gasteiger partial charge >= 0.3 is 0 Å². The van der Waals surface area contributed by atoms with Crippen LogP contribution in [0.1, 0.15) is 122 Å². The SMILES string of the molecule is CC(C)CCN(CCC(C)C)C(=O)C(C)(C)C.CCCCN(CCCC)C(=O)C(C)(C)C. The maximum Gasteiger partial charge on any atom is 0.227 e. The molecular weight excluding hydrogens is 396 g/mol. The maximum absolute atomic E-state index is 12.3. The number of rotatable bonds is 12. The van der Waals surface area contributed by atoms with Crippen molar-refractivity contribution in [1.82, 2.24) is 9.80 Å². The Bertz CT molecular complexity index is 479. The first-order valence-electron chi connectivity index (χ1n) is 13.2. The summed E-state index contributed by atoms with van der Waals surface area (Å²) in [5.41, 5.74) is -0.491. The van der Waals surface area contributed by atoms with Gasteiger partial charge in [-0.1, -0.05) is 95.9 Å². The molecule has 0 heterocycles. The normalized spacial score (nSPS) is 11.9. The highest BCUT2D eigenvalue weighted by molar-refractivity contribution is 5.81. The third-order valence-corrected chi connectivity index (χ3v) is 5.37. The third-order valence-electron chi connectivity index (χ3n) is 5.37. The van der Waals surface area contributed by atoms with Crippen LogP contribution in [0, 0.1) is 22.7 Å². The first-order chi connectivity index (χ1) is 14.6. The Kier molecular flexibility index (Phi) is 17.1. The lowest BCUT2D eigenvalue weighted by molar-refractivity contribution is -0.140. The van der Waals surface area contributed by atoms with Crippen LogP contribution in [0.4, 0.5) is 0 Å². The predicted molar refractivity (Wildman–Crippen MR) is 141 cm³/mol. The van der Waals surface area contributed by atoms with E-state index in [1.165, 1.54) is 0 Å². The number of nitrogens with zero attached hydrogens (tertiary/aromatic N) is 2. The second-order valence-electron chi connectivity index (χ2n) is 12.2. The van der Waals surface area contributed by atoms with Crippen LogP contribution in [-0.2, 0) is 9.59 Å². The van der Waals surface area contributed by atoms with Gasteiger partial charge in [-0.3, -0.25) is 9.59 Å². The minimum Gasteiger partial charge on any atom is -0.342 e. The molecule has 0 rings (SSSR count). The Morgan fingerprint density at radius 3 is 1.09 bits per heavy atom. The second-order valence-corrected chi connectivity index (χ2v) is 12.2. The van der Waals surface area contributed by atoms with Gasteiger partial charge in [0.25, 0.3) is 0 Å². The zero-order chi connectivity index (χ0) is 25.5. The van der Waals surface area contributed by atoms with Gasteiger partial charge < -0.3 is 9.80 Å². The van der Waals surface area contributed by atoms with Gasteiger partial charge in [-0.2, -0.15) is 0 Å². The highest BCUT2D eigenvalue weighted by Crippen LogP contribution is 2.20. The van der Waals surface area contributed by atoms with Gasteiger partial charge in [-0.15, -0.1) is 0 Å². The summed E-state index contributed by atoms with van der Waals surface area (Å²) in [5, 5.41) is 0. The smallest absolute Gasteiger partial charge is 0.227 e. The van der Waals surface area contributed by atoms with Crippen LogP contribution in [0.5, 0.6) is 0 Å². The van der Waals surface area contributed by atoms with Gasteiger partial charge in [0.05, 0.1) is 0 Å². The van der Waals surface area contributed by atoms with Crippen molar-refractivity contribution < 1.29 is 9.59 Å². The molecule has 0 saturated carbocycles. The van der Waals surface area contributed by atoms with Crippen molar-refractivity contribution >= 4 is 11.8 Å². The molecule has 0 N–H and O–H groups in total. The highest BCUT2D eigenvalue weighted by Gasteiger charge is 2.27. The summed E-state index contributed by atoms with van der Waals surface area (Å²) in [6.45, 7) is 28.8. The van der Waals surface area contributed by atoms with E-state index < -0.39 is 0 Å². The summed E-state index contributed by atoms with van der Waals surface area (Å²) in [6.07, 6.45) is 6.73. The molecule has 0 atom stereocenters. The monoisotopic (exact) mass is 454 g/mol. The zero-order valence-electron chi connectivity index (χ0n) is 23.9. The number of hydrogen-bond acceptors (Lipinski definition) is 2. The number of carbonyl (C=O) groups is 2. The molecule has 0 fully saturated rings. The minimum absolute atomic E-state index is 0.235. The van der Waals surface area contributed by atoms with Crippen LogP contribution >= 0.6 is 0 Å². The fourth-order valence-electron chi connectivity index (χ4n) is 3.10. The molecule has 0 radical (unpaired) electrons. The van der Waals surface area contributed by atoms with Crippen LogP contribution in [0.3, 0.4) is 0 Å². The second kappa shape index (κ2) is 16.5. The maximum atomic E-state index is 12.3. The van der Waals surface area contributed by atoms with Crippen molar-refractivity contribution in [3.05, 3.63) is 0 Å². The molecule has 0 saturated heterocycles. The topological polar surface area (TPSA) is 40.6 Å². The Labute approximate surface area is 201 Å². The summed E-state index contributed by atoms with van der Waals surface area (Å²) in [6, 6.07) is 0. The molecular formula is C28H58N2O2. The van der Waals surface area contributed by atoms with E-state index in [9.17, 15) is 9.59 Å². The van der Waals surface area contributed by atoms with E-state index in [1.807, 2.05) is 46.4 Å². The molecule has 2 amide bonds. The molecule has 32 heavy (non-hydrogen) atoms. The van der Waals surface area contributed by atoms with E-state index >= 15 is 0 Å². The fourth-order valence-corrected chi connectivity index (χ4v) is 3.10. The third kappa shape index (κ3) is 16.6. The van der Waals surface area contributed by atoms with E-state index in [2.05, 4.69) is 46.4 Å². The van der Waals surface area contributed by atoms with Crippen LogP contribution in [0.15, 0.2) is 0 Å². The number of carbonyl (C=O) groups excluding carboxylic acids is 2. The average molecular weight is 455 g/mol. The summed E-state index contributed by atoms with van der Waals surface area (Å²) in [5.74, 6) is 1.90. The average Bonchev–Trinajstić information content (AvgIpc) is 2.66. The van der Waals surface area contributed by atoms with Gasteiger partial charge in [-0.25, -0.2) is 0 Å². The summed E-state index contributed by atoms with van der Waals surface area (Å²) >= 11 is 0. The van der Waals surface area contributed by atoms with Gasteiger partial charge in [0, 0.05) is 37.0 Å². The van der Waals surface area contributed by atoms with Crippen molar-refractivity contribution in [3.8, 4) is 0 Å². The van der Waals surface area contributed by atoms with Gasteiger partial charge in [-0.05, 0) is 37.5 Å². The van der Waals surface area contributed by atoms with E-state index in [0.29, 0.717) is 23.7 Å². The molecule has 0 aliphatic carbocycles. The largest absolute Gasteiger partial charge is 0.342 e. The first-order valence-corrected chi connectivity index (χ1v) is 13.2. The lowest BCUT2D eigenvalue weighted by Crippen LogP contribution is -2.41. The quantitative estimate of drug-likeness (QED) is 0.308. The molecule has 0 spiro atoms. The molecule has 4 nitrogen and oxygen atoms in total. The molecule has 0 aliphatic rings. The Balaban J connectivity index is 0. The van der Waals surface area contributed by atoms with Crippen LogP contribution in [-0.4, -0.2) is 47.8 Å². The standard InChI is InChI=1S/C15H31NO.C13H27NO/c1-12(2)8-10-16(11-9-13(3)4)14(17)15(5,6)7;1-6-8-10-14(11-9-7-2)12(15)13(3,4)5/h12-13H,8-11H2,1-7H3;6-11H2,1-5H3. The summed E-state index contributed by atoms with van der Waals surface area (Å²) in [7, 11) is 0. The number of amides is 2. The Hall–Kier alpha value is -1.06. The van der Waals surface area contributed by atoms with Crippen LogP contribution in [0.2, 0.25) is 0 Å². The molecule has 192 valence electrons. The van der Waals surface area contributed by atoms with Crippen LogP contribution in [0.25, 0.3) is 0 Å². The molecule has 0 aromatic rings. The van der Waals surface area contributed by atoms with Gasteiger partial charge in [0.1, 0.15) is 0 Å².